The minimum absolute atomic E-state index is 0.0785. The molecule has 0 aliphatic heterocycles. The Morgan fingerprint density at radius 3 is 2.81 bits per heavy atom. The molecule has 0 aliphatic rings. The predicted molar refractivity (Wildman–Crippen MR) is 74.4 cm³/mol. The third-order valence-electron chi connectivity index (χ3n) is 2.06. The van der Waals surface area contributed by atoms with Crippen molar-refractivity contribution in [3.05, 3.63) is 33.3 Å². The van der Waals surface area contributed by atoms with Crippen LogP contribution in [0.5, 0.6) is 0 Å². The van der Waals surface area contributed by atoms with E-state index >= 15 is 0 Å². The summed E-state index contributed by atoms with van der Waals surface area (Å²) >= 11 is 12.5. The summed E-state index contributed by atoms with van der Waals surface area (Å²) in [5, 5.41) is 4.34. The van der Waals surface area contributed by atoms with E-state index < -0.39 is 0 Å². The third kappa shape index (κ3) is 4.07. The van der Waals surface area contributed by atoms with Crippen molar-refractivity contribution in [2.75, 3.05) is 11.9 Å². The van der Waals surface area contributed by atoms with Crippen LogP contribution in [0, 0.1) is 5.92 Å². The first-order chi connectivity index (χ1) is 7.54. The first kappa shape index (κ1) is 14.0. The minimum atomic E-state index is -0.0785. The highest BCUT2D eigenvalue weighted by molar-refractivity contribution is 9.10. The zero-order valence-corrected chi connectivity index (χ0v) is 12.7. The quantitative estimate of drug-likeness (QED) is 0.802. The topological polar surface area (TPSA) is 29.1 Å². The number of nitrogens with one attached hydrogen (secondary N) is 1. The second-order valence-corrected chi connectivity index (χ2v) is 5.51. The lowest BCUT2D eigenvalue weighted by Gasteiger charge is -2.09. The molecule has 2 nitrogen and oxygen atoms in total. The SMILES string of the molecule is CC(CBr)CNC(=O)c1ccc(Cl)c(Br)c1. The zero-order valence-electron chi connectivity index (χ0n) is 8.77. The van der Waals surface area contributed by atoms with Crippen LogP contribution in [0.15, 0.2) is 22.7 Å². The fourth-order valence-electron chi connectivity index (χ4n) is 1.06. The van der Waals surface area contributed by atoms with Gasteiger partial charge in [0.25, 0.3) is 5.91 Å². The van der Waals surface area contributed by atoms with E-state index in [1.54, 1.807) is 18.2 Å². The number of carbonyl (C=O) groups excluding carboxylic acids is 1. The zero-order chi connectivity index (χ0) is 12.1. The number of carbonyl (C=O) groups is 1. The van der Waals surface area contributed by atoms with E-state index in [1.165, 1.54) is 0 Å². The van der Waals surface area contributed by atoms with Gasteiger partial charge in [0.05, 0.1) is 5.02 Å². The van der Waals surface area contributed by atoms with Gasteiger partial charge in [-0.1, -0.05) is 34.5 Å². The van der Waals surface area contributed by atoms with E-state index in [2.05, 4.69) is 44.1 Å². The van der Waals surface area contributed by atoms with Gasteiger partial charge in [-0.15, -0.1) is 0 Å². The molecular weight excluding hydrogens is 357 g/mol. The van der Waals surface area contributed by atoms with Crippen LogP contribution in [0.2, 0.25) is 5.02 Å². The summed E-state index contributed by atoms with van der Waals surface area (Å²) in [6.07, 6.45) is 0. The monoisotopic (exact) mass is 367 g/mol. The summed E-state index contributed by atoms with van der Waals surface area (Å²) in [5.74, 6) is 0.338. The van der Waals surface area contributed by atoms with Gasteiger partial charge in [0.15, 0.2) is 0 Å². The fraction of sp³-hybridized carbons (Fsp3) is 0.364. The van der Waals surface area contributed by atoms with Gasteiger partial charge in [-0.2, -0.15) is 0 Å². The molecule has 0 aromatic heterocycles. The van der Waals surface area contributed by atoms with Gasteiger partial charge >= 0.3 is 0 Å². The van der Waals surface area contributed by atoms with E-state index in [0.717, 1.165) is 9.80 Å². The second-order valence-electron chi connectivity index (χ2n) is 3.60. The van der Waals surface area contributed by atoms with Crippen molar-refractivity contribution in [2.24, 2.45) is 5.92 Å². The summed E-state index contributed by atoms with van der Waals surface area (Å²) in [6, 6.07) is 5.13. The Bertz CT molecular complexity index is 384. The highest BCUT2D eigenvalue weighted by atomic mass is 79.9. The van der Waals surface area contributed by atoms with Gasteiger partial charge in [-0.05, 0) is 40.0 Å². The van der Waals surface area contributed by atoms with Crippen LogP contribution in [0.3, 0.4) is 0 Å². The second kappa shape index (κ2) is 6.62. The highest BCUT2D eigenvalue weighted by Crippen LogP contribution is 2.23. The highest BCUT2D eigenvalue weighted by Gasteiger charge is 2.08. The maximum Gasteiger partial charge on any atom is 0.251 e. The van der Waals surface area contributed by atoms with Crippen LogP contribution in [0.4, 0.5) is 0 Å². The Hall–Kier alpha value is -0.0600. The number of halogens is 3. The molecule has 1 N–H and O–H groups in total. The number of alkyl halides is 1. The van der Waals surface area contributed by atoms with Crippen molar-refractivity contribution in [3.8, 4) is 0 Å². The molecule has 1 unspecified atom stereocenters. The lowest BCUT2D eigenvalue weighted by molar-refractivity contribution is 0.0949. The number of amides is 1. The molecule has 1 aromatic carbocycles. The van der Waals surface area contributed by atoms with Crippen LogP contribution < -0.4 is 5.32 Å². The molecule has 88 valence electrons. The number of hydrogen-bond acceptors (Lipinski definition) is 1. The molecule has 0 saturated heterocycles. The minimum Gasteiger partial charge on any atom is -0.352 e. The summed E-state index contributed by atoms with van der Waals surface area (Å²) in [4.78, 5) is 11.7. The Morgan fingerprint density at radius 1 is 1.56 bits per heavy atom. The van der Waals surface area contributed by atoms with Crippen molar-refractivity contribution >= 4 is 49.4 Å². The molecule has 0 saturated carbocycles. The van der Waals surface area contributed by atoms with E-state index in [4.69, 9.17) is 11.6 Å². The van der Waals surface area contributed by atoms with Crippen LogP contribution in [-0.2, 0) is 0 Å². The van der Waals surface area contributed by atoms with Gasteiger partial charge in [-0.25, -0.2) is 0 Å². The van der Waals surface area contributed by atoms with E-state index in [1.807, 2.05) is 0 Å². The number of hydrogen-bond donors (Lipinski definition) is 1. The average molecular weight is 369 g/mol. The third-order valence-corrected chi connectivity index (χ3v) is 4.38. The average Bonchev–Trinajstić information content (AvgIpc) is 2.29. The molecule has 1 atom stereocenters. The standard InChI is InChI=1S/C11H12Br2ClNO/c1-7(5-12)6-15-11(16)8-2-3-10(14)9(13)4-8/h2-4,7H,5-6H2,1H3,(H,15,16). The number of benzene rings is 1. The molecule has 1 rings (SSSR count). The van der Waals surface area contributed by atoms with Crippen LogP contribution in [0.25, 0.3) is 0 Å². The first-order valence-electron chi connectivity index (χ1n) is 4.83. The maximum absolute atomic E-state index is 11.7. The van der Waals surface area contributed by atoms with Gasteiger partial charge in [0.2, 0.25) is 0 Å². The van der Waals surface area contributed by atoms with Crippen molar-refractivity contribution < 1.29 is 4.79 Å². The molecule has 0 radical (unpaired) electrons. The summed E-state index contributed by atoms with van der Waals surface area (Å²) in [7, 11) is 0. The normalized spacial score (nSPS) is 12.2. The maximum atomic E-state index is 11.7. The molecule has 0 spiro atoms. The Balaban J connectivity index is 2.63. The van der Waals surface area contributed by atoms with Gasteiger partial charge < -0.3 is 5.32 Å². The molecule has 5 heteroatoms. The van der Waals surface area contributed by atoms with Crippen LogP contribution in [0.1, 0.15) is 17.3 Å². The van der Waals surface area contributed by atoms with E-state index in [0.29, 0.717) is 23.0 Å². The smallest absolute Gasteiger partial charge is 0.251 e. The van der Waals surface area contributed by atoms with E-state index in [-0.39, 0.29) is 5.91 Å². The predicted octanol–water partition coefficient (Wildman–Crippen LogP) is 3.86. The molecule has 0 aliphatic carbocycles. The van der Waals surface area contributed by atoms with Crippen molar-refractivity contribution in [1.82, 2.24) is 5.32 Å². The Labute approximate surface area is 117 Å². The number of rotatable bonds is 4. The summed E-state index contributed by atoms with van der Waals surface area (Å²) in [6.45, 7) is 2.72. The largest absolute Gasteiger partial charge is 0.352 e. The molecule has 0 heterocycles. The first-order valence-corrected chi connectivity index (χ1v) is 7.13. The Kier molecular flexibility index (Phi) is 5.79. The van der Waals surface area contributed by atoms with Crippen molar-refractivity contribution in [2.45, 2.75) is 6.92 Å². The summed E-state index contributed by atoms with van der Waals surface area (Å²) < 4.78 is 0.732. The molecule has 16 heavy (non-hydrogen) atoms. The lowest BCUT2D eigenvalue weighted by Crippen LogP contribution is -2.28. The van der Waals surface area contributed by atoms with Gasteiger partial charge in [0.1, 0.15) is 0 Å². The fourth-order valence-corrected chi connectivity index (χ4v) is 1.79. The lowest BCUT2D eigenvalue weighted by atomic mass is 10.2. The Morgan fingerprint density at radius 2 is 2.25 bits per heavy atom. The van der Waals surface area contributed by atoms with E-state index in [9.17, 15) is 4.79 Å². The van der Waals surface area contributed by atoms with Crippen molar-refractivity contribution in [3.63, 3.8) is 0 Å². The molecule has 0 fully saturated rings. The molecule has 0 bridgehead atoms. The summed E-state index contributed by atoms with van der Waals surface area (Å²) in [5.41, 5.74) is 0.609. The van der Waals surface area contributed by atoms with Crippen LogP contribution in [-0.4, -0.2) is 17.8 Å². The van der Waals surface area contributed by atoms with Gasteiger partial charge in [0, 0.05) is 21.9 Å². The van der Waals surface area contributed by atoms with Crippen molar-refractivity contribution in [1.29, 1.82) is 0 Å². The molecule has 1 aromatic rings. The molecule has 1 amide bonds. The van der Waals surface area contributed by atoms with Gasteiger partial charge in [-0.3, -0.25) is 4.79 Å². The van der Waals surface area contributed by atoms with Crippen LogP contribution >= 0.6 is 43.5 Å². The molecular formula is C11H12Br2ClNO.